The van der Waals surface area contributed by atoms with Crippen molar-refractivity contribution in [1.29, 1.82) is 0 Å². The Bertz CT molecular complexity index is 604. The van der Waals surface area contributed by atoms with E-state index in [1.54, 1.807) is 6.92 Å². The minimum absolute atomic E-state index is 0.443. The molecule has 0 aliphatic heterocycles. The Labute approximate surface area is 121 Å². The largest absolute Gasteiger partial charge is 0.389 e. The molecule has 2 aromatic rings. The lowest BCUT2D eigenvalue weighted by Gasteiger charge is -2.16. The number of benzene rings is 1. The molecule has 1 aromatic carbocycles. The predicted molar refractivity (Wildman–Crippen MR) is 78.5 cm³/mol. The molecule has 19 heavy (non-hydrogen) atoms. The molecule has 3 rings (SSSR count). The lowest BCUT2D eigenvalue weighted by Crippen LogP contribution is -2.07. The number of imidazole rings is 1. The highest BCUT2D eigenvalue weighted by molar-refractivity contribution is 9.10. The smallest absolute Gasteiger partial charge is 0.0998 e. The van der Waals surface area contributed by atoms with Crippen molar-refractivity contribution >= 4 is 15.9 Å². The van der Waals surface area contributed by atoms with Crippen LogP contribution in [0.4, 0.5) is 0 Å². The highest BCUT2D eigenvalue weighted by Crippen LogP contribution is 2.29. The molecular weight excluding hydrogens is 304 g/mol. The number of aliphatic hydroxyl groups is 1. The van der Waals surface area contributed by atoms with Crippen LogP contribution in [0, 0.1) is 0 Å². The van der Waals surface area contributed by atoms with E-state index in [4.69, 9.17) is 0 Å². The molecule has 0 amide bonds. The van der Waals surface area contributed by atoms with Crippen LogP contribution in [0.25, 0.3) is 5.69 Å². The van der Waals surface area contributed by atoms with E-state index in [0.29, 0.717) is 0 Å². The van der Waals surface area contributed by atoms with Crippen LogP contribution >= 0.6 is 15.9 Å². The van der Waals surface area contributed by atoms with E-state index in [2.05, 4.69) is 25.5 Å². The van der Waals surface area contributed by atoms with Gasteiger partial charge in [-0.05, 0) is 66.2 Å². The van der Waals surface area contributed by atoms with Crippen LogP contribution in [0.3, 0.4) is 0 Å². The molecule has 0 spiro atoms. The Morgan fingerprint density at radius 2 is 2.11 bits per heavy atom. The quantitative estimate of drug-likeness (QED) is 0.918. The first-order valence-corrected chi connectivity index (χ1v) is 7.49. The van der Waals surface area contributed by atoms with Crippen LogP contribution < -0.4 is 0 Å². The van der Waals surface area contributed by atoms with Crippen molar-refractivity contribution in [2.75, 3.05) is 0 Å². The van der Waals surface area contributed by atoms with Crippen molar-refractivity contribution in [3.63, 3.8) is 0 Å². The van der Waals surface area contributed by atoms with E-state index in [0.717, 1.165) is 28.6 Å². The first kappa shape index (κ1) is 12.9. The number of aliphatic hydroxyl groups excluding tert-OH is 1. The van der Waals surface area contributed by atoms with E-state index in [1.165, 1.54) is 24.2 Å². The van der Waals surface area contributed by atoms with E-state index >= 15 is 0 Å². The Balaban J connectivity index is 2.05. The Hall–Kier alpha value is -1.13. The second-order valence-corrected chi connectivity index (χ2v) is 5.96. The highest BCUT2D eigenvalue weighted by Gasteiger charge is 2.17. The van der Waals surface area contributed by atoms with Gasteiger partial charge in [0, 0.05) is 10.2 Å². The number of halogens is 1. The molecule has 1 N–H and O–H groups in total. The zero-order valence-corrected chi connectivity index (χ0v) is 12.5. The fraction of sp³-hybridized carbons (Fsp3) is 0.400. The topological polar surface area (TPSA) is 38.0 Å². The molecule has 1 aliphatic carbocycles. The summed E-state index contributed by atoms with van der Waals surface area (Å²) in [5, 5.41) is 9.62. The molecule has 1 aliphatic rings. The summed E-state index contributed by atoms with van der Waals surface area (Å²) < 4.78 is 3.17. The number of hydrogen-bond acceptors (Lipinski definition) is 2. The second-order valence-electron chi connectivity index (χ2n) is 5.10. The lowest BCUT2D eigenvalue weighted by molar-refractivity contribution is 0.199. The number of nitrogens with zero attached hydrogens (tertiary/aromatic N) is 2. The van der Waals surface area contributed by atoms with Gasteiger partial charge in [-0.1, -0.05) is 6.07 Å². The van der Waals surface area contributed by atoms with Crippen LogP contribution in [-0.2, 0) is 12.8 Å². The minimum Gasteiger partial charge on any atom is -0.389 e. The van der Waals surface area contributed by atoms with Gasteiger partial charge in [0.25, 0.3) is 0 Å². The zero-order valence-electron chi connectivity index (χ0n) is 10.9. The molecule has 0 radical (unpaired) electrons. The van der Waals surface area contributed by atoms with Gasteiger partial charge in [0.15, 0.2) is 0 Å². The molecule has 1 aromatic heterocycles. The molecule has 0 saturated heterocycles. The first-order chi connectivity index (χ1) is 9.16. The van der Waals surface area contributed by atoms with Crippen molar-refractivity contribution in [3.8, 4) is 5.69 Å². The van der Waals surface area contributed by atoms with E-state index in [-0.39, 0.29) is 0 Å². The first-order valence-electron chi connectivity index (χ1n) is 6.70. The Morgan fingerprint density at radius 3 is 2.84 bits per heavy atom. The summed E-state index contributed by atoms with van der Waals surface area (Å²) in [6.07, 6.45) is 6.14. The molecule has 100 valence electrons. The molecular formula is C15H17BrN2O. The van der Waals surface area contributed by atoms with E-state index in [9.17, 15) is 5.11 Å². The number of aromatic nitrogens is 2. The third-order valence-corrected chi connectivity index (χ3v) is 4.38. The van der Waals surface area contributed by atoms with Crippen LogP contribution in [0.15, 0.2) is 29.0 Å². The van der Waals surface area contributed by atoms with Gasteiger partial charge in [0.05, 0.1) is 23.8 Å². The second kappa shape index (κ2) is 5.10. The summed E-state index contributed by atoms with van der Waals surface area (Å²) in [4.78, 5) is 4.52. The van der Waals surface area contributed by atoms with Crippen molar-refractivity contribution < 1.29 is 5.11 Å². The predicted octanol–water partition coefficient (Wildman–Crippen LogP) is 3.57. The zero-order chi connectivity index (χ0) is 13.4. The van der Waals surface area contributed by atoms with Gasteiger partial charge in [-0.2, -0.15) is 0 Å². The van der Waals surface area contributed by atoms with E-state index in [1.807, 2.05) is 24.5 Å². The molecule has 0 fully saturated rings. The van der Waals surface area contributed by atoms with Crippen LogP contribution in [0.5, 0.6) is 0 Å². The summed E-state index contributed by atoms with van der Waals surface area (Å²) in [6, 6.07) is 6.00. The SMILES string of the molecule is CC(O)c1ccc(-n2cnc3c2CCCC3)c(Br)c1. The van der Waals surface area contributed by atoms with Gasteiger partial charge in [0.2, 0.25) is 0 Å². The number of fused-ring (bicyclic) bond motifs is 1. The average molecular weight is 321 g/mol. The van der Waals surface area contributed by atoms with Crippen molar-refractivity contribution in [2.24, 2.45) is 0 Å². The van der Waals surface area contributed by atoms with Gasteiger partial charge in [-0.25, -0.2) is 4.98 Å². The number of hydrogen-bond donors (Lipinski definition) is 1. The van der Waals surface area contributed by atoms with Gasteiger partial charge in [0.1, 0.15) is 0 Å². The maximum Gasteiger partial charge on any atom is 0.0998 e. The monoisotopic (exact) mass is 320 g/mol. The molecule has 0 bridgehead atoms. The van der Waals surface area contributed by atoms with E-state index < -0.39 is 6.10 Å². The third-order valence-electron chi connectivity index (χ3n) is 3.74. The van der Waals surface area contributed by atoms with Gasteiger partial charge in [-0.15, -0.1) is 0 Å². The van der Waals surface area contributed by atoms with Crippen LogP contribution in [0.1, 0.15) is 42.8 Å². The fourth-order valence-electron chi connectivity index (χ4n) is 2.66. The van der Waals surface area contributed by atoms with Gasteiger partial charge in [-0.3, -0.25) is 0 Å². The van der Waals surface area contributed by atoms with Crippen molar-refractivity contribution in [1.82, 2.24) is 9.55 Å². The van der Waals surface area contributed by atoms with Crippen LogP contribution in [0.2, 0.25) is 0 Å². The molecule has 0 saturated carbocycles. The average Bonchev–Trinajstić information content (AvgIpc) is 2.82. The third kappa shape index (κ3) is 2.35. The Kier molecular flexibility index (Phi) is 3.46. The maximum absolute atomic E-state index is 9.62. The van der Waals surface area contributed by atoms with Crippen LogP contribution in [-0.4, -0.2) is 14.7 Å². The number of rotatable bonds is 2. The summed E-state index contributed by atoms with van der Waals surface area (Å²) in [6.45, 7) is 1.78. The van der Waals surface area contributed by atoms with Gasteiger partial charge >= 0.3 is 0 Å². The fourth-order valence-corrected chi connectivity index (χ4v) is 3.24. The lowest BCUT2D eigenvalue weighted by atomic mass is 10.0. The summed E-state index contributed by atoms with van der Waals surface area (Å²) >= 11 is 3.60. The Morgan fingerprint density at radius 1 is 1.32 bits per heavy atom. The molecule has 1 heterocycles. The maximum atomic E-state index is 9.62. The van der Waals surface area contributed by atoms with Crippen molar-refractivity contribution in [3.05, 3.63) is 46.0 Å². The summed E-state index contributed by atoms with van der Waals surface area (Å²) in [5.74, 6) is 0. The van der Waals surface area contributed by atoms with Crippen molar-refractivity contribution in [2.45, 2.75) is 38.7 Å². The summed E-state index contributed by atoms with van der Waals surface area (Å²) in [7, 11) is 0. The number of aryl methyl sites for hydroxylation is 1. The highest BCUT2D eigenvalue weighted by atomic mass is 79.9. The van der Waals surface area contributed by atoms with Gasteiger partial charge < -0.3 is 9.67 Å². The normalized spacial score (nSPS) is 16.2. The molecule has 4 heteroatoms. The minimum atomic E-state index is -0.443. The molecule has 3 nitrogen and oxygen atoms in total. The molecule has 1 atom stereocenters. The summed E-state index contributed by atoms with van der Waals surface area (Å²) in [5.41, 5.74) is 4.58. The standard InChI is InChI=1S/C15H17BrN2O/c1-10(19)11-6-7-14(12(16)8-11)18-9-17-13-4-2-3-5-15(13)18/h6-10,19H,2-5H2,1H3. The molecule has 1 unspecified atom stereocenters.